The Labute approximate surface area is 314 Å². The smallest absolute Gasteiger partial charge is 0.488 e. The summed E-state index contributed by atoms with van der Waals surface area (Å²) >= 11 is 12.7. The van der Waals surface area contributed by atoms with Crippen molar-refractivity contribution in [3.63, 3.8) is 0 Å². The van der Waals surface area contributed by atoms with Crippen LogP contribution >= 0.6 is 23.2 Å². The first-order chi connectivity index (χ1) is 25.4. The molecule has 4 N–H and O–H groups in total. The minimum absolute atomic E-state index is 0.00535. The van der Waals surface area contributed by atoms with Gasteiger partial charge >= 0.3 is 7.12 Å². The summed E-state index contributed by atoms with van der Waals surface area (Å²) in [6, 6.07) is 24.1. The van der Waals surface area contributed by atoms with Crippen molar-refractivity contribution in [3.05, 3.63) is 124 Å². The Hall–Kier alpha value is -5.14. The van der Waals surface area contributed by atoms with Crippen LogP contribution in [0, 0.1) is 23.7 Å². The van der Waals surface area contributed by atoms with E-state index in [2.05, 4.69) is 5.43 Å². The van der Waals surface area contributed by atoms with Gasteiger partial charge in [0, 0.05) is 10.9 Å². The number of fused-ring (bicyclic) bond motifs is 4. The van der Waals surface area contributed by atoms with Crippen LogP contribution in [0.25, 0.3) is 0 Å². The molecule has 11 nitrogen and oxygen atoms in total. The molecule has 3 fully saturated rings. The van der Waals surface area contributed by atoms with Crippen LogP contribution in [0.1, 0.15) is 29.9 Å². The van der Waals surface area contributed by atoms with Gasteiger partial charge in [-0.1, -0.05) is 71.2 Å². The normalized spacial score (nSPS) is 26.2. The fraction of sp³-hybridized carbons (Fsp3) is 0.231. The third-order valence-electron chi connectivity index (χ3n) is 11.2. The molecule has 0 bridgehead atoms. The van der Waals surface area contributed by atoms with Crippen molar-refractivity contribution >= 4 is 70.8 Å². The monoisotopic (exact) mass is 751 g/mol. The van der Waals surface area contributed by atoms with E-state index < -0.39 is 65.8 Å². The van der Waals surface area contributed by atoms with Crippen LogP contribution in [-0.4, -0.2) is 58.0 Å². The number of carbonyl (C=O) groups is 4. The summed E-state index contributed by atoms with van der Waals surface area (Å²) in [6.45, 7) is 0. The molecule has 53 heavy (non-hydrogen) atoms. The standard InChI is InChI=1S/C39H32BCl2N3O8/c1-53-26-12-7-21(8-13-26)39-30(36(48)45(38(39)50)43-32-16-9-23(41)18-31(32)42)19-29-27(34(39)20-5-10-25(46)11-6-20)14-15-28-33(29)37(49)44(35(28)47)24-4-2-3-22(17-24)40(51)52/h2-14,16-18,28-30,33-34,43,46,51-52H,15,19H2,1H3/t28-,29+,30-,33-,34-,39+/m0/s1. The second-order valence-electron chi connectivity index (χ2n) is 13.8. The number of rotatable bonds is 7. The highest BCUT2D eigenvalue weighted by molar-refractivity contribution is 6.58. The predicted octanol–water partition coefficient (Wildman–Crippen LogP) is 4.58. The number of hydrazine groups is 1. The molecule has 1 saturated carbocycles. The van der Waals surface area contributed by atoms with Crippen molar-refractivity contribution in [2.24, 2.45) is 23.7 Å². The van der Waals surface area contributed by atoms with Gasteiger partial charge in [0.1, 0.15) is 11.5 Å². The van der Waals surface area contributed by atoms with Crippen LogP contribution in [0.5, 0.6) is 11.5 Å². The zero-order chi connectivity index (χ0) is 37.3. The van der Waals surface area contributed by atoms with Gasteiger partial charge in [-0.05, 0) is 89.9 Å². The molecule has 14 heteroatoms. The number of allylic oxidation sites excluding steroid dienone is 2. The maximum Gasteiger partial charge on any atom is 0.488 e. The molecule has 6 atom stereocenters. The minimum atomic E-state index is -1.81. The average molecular weight is 752 g/mol. The van der Waals surface area contributed by atoms with Crippen molar-refractivity contribution in [1.29, 1.82) is 0 Å². The zero-order valence-electron chi connectivity index (χ0n) is 28.1. The lowest BCUT2D eigenvalue weighted by atomic mass is 9.49. The Bertz CT molecular complexity index is 2220. The van der Waals surface area contributed by atoms with Gasteiger partial charge in [-0.15, -0.1) is 0 Å². The molecule has 0 aromatic heterocycles. The predicted molar refractivity (Wildman–Crippen MR) is 197 cm³/mol. The Morgan fingerprint density at radius 1 is 0.868 bits per heavy atom. The molecule has 0 unspecified atom stereocenters. The van der Waals surface area contributed by atoms with Crippen LogP contribution in [0.3, 0.4) is 0 Å². The van der Waals surface area contributed by atoms with Crippen LogP contribution < -0.4 is 20.5 Å². The molecule has 4 aromatic carbocycles. The number of nitrogens with zero attached hydrogens (tertiary/aromatic N) is 2. The zero-order valence-corrected chi connectivity index (χ0v) is 29.7. The minimum Gasteiger partial charge on any atom is -0.508 e. The van der Waals surface area contributed by atoms with E-state index >= 15 is 4.79 Å². The Balaban J connectivity index is 1.30. The number of aromatic hydroxyl groups is 1. The van der Waals surface area contributed by atoms with Gasteiger partial charge in [0.25, 0.3) is 11.8 Å². The van der Waals surface area contributed by atoms with Gasteiger partial charge < -0.3 is 19.9 Å². The van der Waals surface area contributed by atoms with Crippen molar-refractivity contribution in [2.45, 2.75) is 24.2 Å². The second kappa shape index (κ2) is 13.1. The summed E-state index contributed by atoms with van der Waals surface area (Å²) in [5, 5.41) is 31.5. The molecule has 2 saturated heterocycles. The molecule has 268 valence electrons. The maximum atomic E-state index is 15.3. The molecule has 2 aliphatic carbocycles. The number of nitrogens with one attached hydrogen (secondary N) is 1. The highest BCUT2D eigenvalue weighted by atomic mass is 35.5. The number of benzene rings is 4. The maximum absolute atomic E-state index is 15.3. The first kappa shape index (κ1) is 34.9. The molecule has 2 heterocycles. The number of ether oxygens (including phenoxy) is 1. The van der Waals surface area contributed by atoms with E-state index in [1.807, 2.05) is 6.08 Å². The molecule has 4 aromatic rings. The van der Waals surface area contributed by atoms with Gasteiger partial charge in [-0.2, -0.15) is 5.01 Å². The summed E-state index contributed by atoms with van der Waals surface area (Å²) < 4.78 is 5.44. The second-order valence-corrected chi connectivity index (χ2v) is 14.6. The summed E-state index contributed by atoms with van der Waals surface area (Å²) in [4.78, 5) is 59.8. The van der Waals surface area contributed by atoms with Gasteiger partial charge in [0.05, 0.1) is 46.7 Å². The van der Waals surface area contributed by atoms with Crippen LogP contribution in [0.4, 0.5) is 11.4 Å². The fourth-order valence-corrected chi connectivity index (χ4v) is 9.41. The highest BCUT2D eigenvalue weighted by Gasteiger charge is 2.70. The molecule has 8 rings (SSSR count). The van der Waals surface area contributed by atoms with E-state index in [9.17, 15) is 29.5 Å². The van der Waals surface area contributed by atoms with Gasteiger partial charge in [0.15, 0.2) is 0 Å². The molecule has 4 amide bonds. The number of hydrogen-bond acceptors (Lipinski definition) is 9. The highest BCUT2D eigenvalue weighted by Crippen LogP contribution is 2.64. The van der Waals surface area contributed by atoms with Crippen molar-refractivity contribution in [3.8, 4) is 11.5 Å². The van der Waals surface area contributed by atoms with Crippen LogP contribution in [-0.2, 0) is 24.6 Å². The number of carbonyl (C=O) groups excluding carboxylic acids is 4. The van der Waals surface area contributed by atoms with E-state index in [0.29, 0.717) is 21.9 Å². The Morgan fingerprint density at radius 3 is 2.28 bits per heavy atom. The number of imide groups is 2. The largest absolute Gasteiger partial charge is 0.508 e. The first-order valence-electron chi connectivity index (χ1n) is 17.0. The third kappa shape index (κ3) is 5.34. The third-order valence-corrected chi connectivity index (χ3v) is 11.8. The lowest BCUT2D eigenvalue weighted by Crippen LogP contribution is -2.53. The number of phenolic OH excluding ortho intramolecular Hbond substituents is 1. The average Bonchev–Trinajstić information content (AvgIpc) is 3.53. The van der Waals surface area contributed by atoms with Gasteiger partial charge in [-0.3, -0.25) is 29.5 Å². The lowest BCUT2D eigenvalue weighted by molar-refractivity contribution is -0.138. The molecule has 4 aliphatic rings. The topological polar surface area (TPSA) is 157 Å². The summed E-state index contributed by atoms with van der Waals surface area (Å²) in [7, 11) is -0.278. The quantitative estimate of drug-likeness (QED) is 0.121. The van der Waals surface area contributed by atoms with E-state index in [0.717, 1.165) is 15.5 Å². The van der Waals surface area contributed by atoms with Crippen molar-refractivity contribution in [1.82, 2.24) is 5.01 Å². The van der Waals surface area contributed by atoms with Crippen molar-refractivity contribution < 1.29 is 39.1 Å². The lowest BCUT2D eigenvalue weighted by Gasteiger charge is -2.50. The van der Waals surface area contributed by atoms with Crippen LogP contribution in [0.15, 0.2) is 103 Å². The fourth-order valence-electron chi connectivity index (χ4n) is 8.96. The van der Waals surface area contributed by atoms with E-state index in [1.54, 1.807) is 60.7 Å². The SMILES string of the molecule is COc1ccc([C@@]23C(=O)N(Nc4ccc(Cl)cc4Cl)C(=O)[C@@H]2C[C@@H]2C(=CC[C@@H]4C(=O)N(c5cccc(B(O)O)c5)C(=O)[C@@H]42)[C@@H]3c2ccc(O)cc2)cc1. The van der Waals surface area contributed by atoms with E-state index in [4.69, 9.17) is 27.9 Å². The van der Waals surface area contributed by atoms with Crippen molar-refractivity contribution in [2.75, 3.05) is 17.4 Å². The van der Waals surface area contributed by atoms with Gasteiger partial charge in [0.2, 0.25) is 11.8 Å². The number of methoxy groups -OCH3 is 1. The van der Waals surface area contributed by atoms with Crippen LogP contribution in [0.2, 0.25) is 10.0 Å². The Kier molecular flexibility index (Phi) is 8.61. The summed E-state index contributed by atoms with van der Waals surface area (Å²) in [5.41, 5.74) is 3.94. The molecular weight excluding hydrogens is 720 g/mol. The van der Waals surface area contributed by atoms with E-state index in [1.165, 1.54) is 37.4 Å². The molecular formula is C39H32BCl2N3O8. The summed E-state index contributed by atoms with van der Waals surface area (Å²) in [6.07, 6.45) is 2.19. The number of anilines is 2. The van der Waals surface area contributed by atoms with E-state index in [-0.39, 0.29) is 40.5 Å². The molecule has 2 aliphatic heterocycles. The molecule has 0 radical (unpaired) electrons. The Morgan fingerprint density at radius 2 is 1.60 bits per heavy atom. The number of amides is 4. The first-order valence-corrected chi connectivity index (χ1v) is 17.8. The van der Waals surface area contributed by atoms with Gasteiger partial charge in [-0.25, -0.2) is 0 Å². The summed E-state index contributed by atoms with van der Waals surface area (Å²) in [5.74, 6) is -5.51. The number of hydrogen-bond donors (Lipinski definition) is 4. The number of halogens is 2. The molecule has 0 spiro atoms. The number of phenols is 1.